The van der Waals surface area contributed by atoms with Crippen molar-refractivity contribution in [3.05, 3.63) is 94.5 Å². The van der Waals surface area contributed by atoms with E-state index in [1.165, 1.54) is 48.8 Å². The van der Waals surface area contributed by atoms with Crippen LogP contribution in [0.3, 0.4) is 0 Å². The molecular weight excluding hydrogens is 437 g/mol. The average Bonchev–Trinajstić information content (AvgIpc) is 2.87. The number of phenolic OH excluding ortho intramolecular Hbond substituents is 1. The summed E-state index contributed by atoms with van der Waals surface area (Å²) in [6, 6.07) is 21.5. The van der Waals surface area contributed by atoms with Crippen LogP contribution in [0, 0.1) is 6.92 Å². The van der Waals surface area contributed by atoms with Gasteiger partial charge in [-0.3, -0.25) is 9.69 Å². The standard InChI is InChI=1S/C30H36NO2P/c1-4-30(3,26-18-12-17-25(28(26)33)27(32)23-14-7-5-8-15-23)34-29-22(2)13-11-16-24(29)21-31-19-9-6-10-20-31/h5,7-8,11-18,33-34H,4,6,9-10,19-21H2,1-3H3. The molecule has 0 amide bonds. The van der Waals surface area contributed by atoms with E-state index in [2.05, 4.69) is 43.9 Å². The Kier molecular flexibility index (Phi) is 7.86. The summed E-state index contributed by atoms with van der Waals surface area (Å²) in [5.41, 5.74) is 4.55. The summed E-state index contributed by atoms with van der Waals surface area (Å²) in [6.07, 6.45) is 4.78. The summed E-state index contributed by atoms with van der Waals surface area (Å²) < 4.78 is 0. The smallest absolute Gasteiger partial charge is 0.196 e. The molecule has 2 atom stereocenters. The van der Waals surface area contributed by atoms with Crippen LogP contribution in [-0.4, -0.2) is 28.9 Å². The van der Waals surface area contributed by atoms with Crippen molar-refractivity contribution in [3.63, 3.8) is 0 Å². The number of phenols is 1. The van der Waals surface area contributed by atoms with E-state index in [0.717, 1.165) is 18.5 Å². The Bertz CT molecular complexity index is 1140. The van der Waals surface area contributed by atoms with Gasteiger partial charge in [-0.15, -0.1) is 0 Å². The van der Waals surface area contributed by atoms with E-state index in [1.54, 1.807) is 18.2 Å². The molecule has 0 saturated carbocycles. The van der Waals surface area contributed by atoms with Crippen molar-refractivity contribution in [1.82, 2.24) is 4.90 Å². The van der Waals surface area contributed by atoms with Gasteiger partial charge in [0.05, 0.1) is 5.56 Å². The number of hydrogen-bond acceptors (Lipinski definition) is 3. The van der Waals surface area contributed by atoms with Crippen LogP contribution in [0.1, 0.15) is 72.1 Å². The van der Waals surface area contributed by atoms with Gasteiger partial charge in [0.2, 0.25) is 0 Å². The van der Waals surface area contributed by atoms with E-state index >= 15 is 0 Å². The minimum absolute atomic E-state index is 0.124. The first kappa shape index (κ1) is 24.6. The summed E-state index contributed by atoms with van der Waals surface area (Å²) in [5, 5.41) is 12.5. The Balaban J connectivity index is 1.68. The lowest BCUT2D eigenvalue weighted by molar-refractivity contribution is 0.103. The Labute approximate surface area is 206 Å². The van der Waals surface area contributed by atoms with Crippen LogP contribution in [0.5, 0.6) is 5.75 Å². The summed E-state index contributed by atoms with van der Waals surface area (Å²) in [7, 11) is 0.500. The van der Waals surface area contributed by atoms with Gasteiger partial charge in [-0.1, -0.05) is 89.5 Å². The molecule has 0 bridgehead atoms. The maximum Gasteiger partial charge on any atom is 0.196 e. The molecule has 1 heterocycles. The topological polar surface area (TPSA) is 40.5 Å². The van der Waals surface area contributed by atoms with Crippen LogP contribution in [-0.2, 0) is 11.7 Å². The molecule has 4 heteroatoms. The van der Waals surface area contributed by atoms with Crippen LogP contribution in [0.25, 0.3) is 0 Å². The monoisotopic (exact) mass is 473 g/mol. The van der Waals surface area contributed by atoms with E-state index in [-0.39, 0.29) is 16.7 Å². The van der Waals surface area contributed by atoms with Crippen LogP contribution >= 0.6 is 8.58 Å². The Morgan fingerprint density at radius 2 is 1.68 bits per heavy atom. The second-order valence-corrected chi connectivity index (χ2v) is 11.5. The normalized spacial score (nSPS) is 16.6. The van der Waals surface area contributed by atoms with Gasteiger partial charge in [0.15, 0.2) is 5.78 Å². The minimum atomic E-state index is -0.264. The SMILES string of the molecule is CCC(C)(Pc1c(C)cccc1CN1CCCCC1)c1cccc(C(=O)c2ccccc2)c1O. The number of aromatic hydroxyl groups is 1. The molecule has 4 rings (SSSR count). The van der Waals surface area contributed by atoms with E-state index < -0.39 is 0 Å². The van der Waals surface area contributed by atoms with E-state index in [9.17, 15) is 9.90 Å². The fraction of sp³-hybridized carbons (Fsp3) is 0.367. The molecule has 34 heavy (non-hydrogen) atoms. The molecule has 1 fully saturated rings. The number of piperidine rings is 1. The number of nitrogens with zero attached hydrogens (tertiary/aromatic N) is 1. The first-order valence-electron chi connectivity index (χ1n) is 12.4. The molecule has 178 valence electrons. The van der Waals surface area contributed by atoms with Crippen molar-refractivity contribution in [2.75, 3.05) is 13.1 Å². The third-order valence-electron chi connectivity index (χ3n) is 7.22. The zero-order chi connectivity index (χ0) is 24.1. The first-order chi connectivity index (χ1) is 16.4. The molecule has 0 aromatic heterocycles. The molecule has 0 aliphatic carbocycles. The molecule has 3 aromatic carbocycles. The van der Waals surface area contributed by atoms with Gasteiger partial charge in [-0.05, 0) is 61.8 Å². The average molecular weight is 474 g/mol. The van der Waals surface area contributed by atoms with Crippen LogP contribution in [0.2, 0.25) is 0 Å². The van der Waals surface area contributed by atoms with Gasteiger partial charge >= 0.3 is 0 Å². The van der Waals surface area contributed by atoms with Crippen molar-refractivity contribution in [1.29, 1.82) is 0 Å². The fourth-order valence-corrected chi connectivity index (χ4v) is 6.61. The highest BCUT2D eigenvalue weighted by Gasteiger charge is 2.31. The van der Waals surface area contributed by atoms with Crippen molar-refractivity contribution in [2.24, 2.45) is 0 Å². The molecule has 1 saturated heterocycles. The molecule has 0 spiro atoms. The fourth-order valence-electron chi connectivity index (χ4n) is 4.94. The zero-order valence-corrected chi connectivity index (χ0v) is 21.6. The minimum Gasteiger partial charge on any atom is -0.507 e. The van der Waals surface area contributed by atoms with Gasteiger partial charge in [0.1, 0.15) is 5.75 Å². The number of likely N-dealkylation sites (tertiary alicyclic amines) is 1. The first-order valence-corrected chi connectivity index (χ1v) is 13.4. The Morgan fingerprint density at radius 3 is 2.38 bits per heavy atom. The zero-order valence-electron chi connectivity index (χ0n) is 20.6. The quantitative estimate of drug-likeness (QED) is 0.298. The maximum absolute atomic E-state index is 13.2. The molecule has 1 aliphatic rings. The number of para-hydroxylation sites is 1. The van der Waals surface area contributed by atoms with E-state index in [4.69, 9.17) is 0 Å². The van der Waals surface area contributed by atoms with Crippen LogP contribution < -0.4 is 5.30 Å². The molecule has 3 nitrogen and oxygen atoms in total. The van der Waals surface area contributed by atoms with Crippen molar-refractivity contribution < 1.29 is 9.90 Å². The highest BCUT2D eigenvalue weighted by molar-refractivity contribution is 7.48. The lowest BCUT2D eigenvalue weighted by atomic mass is 9.92. The van der Waals surface area contributed by atoms with E-state index in [0.29, 0.717) is 19.7 Å². The molecule has 3 aromatic rings. The second-order valence-electron chi connectivity index (χ2n) is 9.65. The van der Waals surface area contributed by atoms with Gasteiger partial charge in [-0.25, -0.2) is 0 Å². The number of ketones is 1. The molecule has 0 radical (unpaired) electrons. The van der Waals surface area contributed by atoms with Crippen LogP contribution in [0.15, 0.2) is 66.7 Å². The van der Waals surface area contributed by atoms with Crippen molar-refractivity contribution >= 4 is 19.7 Å². The number of rotatable bonds is 8. The van der Waals surface area contributed by atoms with Gasteiger partial charge in [0, 0.05) is 22.8 Å². The van der Waals surface area contributed by atoms with Gasteiger partial charge < -0.3 is 5.11 Å². The second kappa shape index (κ2) is 10.8. The Morgan fingerprint density at radius 1 is 0.971 bits per heavy atom. The lowest BCUT2D eigenvalue weighted by Crippen LogP contribution is -2.31. The maximum atomic E-state index is 13.2. The van der Waals surface area contributed by atoms with Gasteiger partial charge in [0.25, 0.3) is 0 Å². The largest absolute Gasteiger partial charge is 0.507 e. The van der Waals surface area contributed by atoms with Crippen molar-refractivity contribution in [3.8, 4) is 5.75 Å². The van der Waals surface area contributed by atoms with Crippen LogP contribution in [0.4, 0.5) is 0 Å². The number of aryl methyl sites for hydroxylation is 1. The molecular formula is C30H36NO2P. The number of benzene rings is 3. The number of hydrogen-bond donors (Lipinski definition) is 1. The molecule has 1 aliphatic heterocycles. The summed E-state index contributed by atoms with van der Waals surface area (Å²) in [4.78, 5) is 15.7. The molecule has 1 N–H and O–H groups in total. The summed E-state index contributed by atoms with van der Waals surface area (Å²) >= 11 is 0. The summed E-state index contributed by atoms with van der Waals surface area (Å²) in [6.45, 7) is 9.95. The molecule has 2 unspecified atom stereocenters. The third-order valence-corrected chi connectivity index (χ3v) is 9.36. The summed E-state index contributed by atoms with van der Waals surface area (Å²) in [5.74, 6) is -0.0113. The van der Waals surface area contributed by atoms with Crippen molar-refractivity contribution in [2.45, 2.75) is 58.2 Å². The lowest BCUT2D eigenvalue weighted by Gasteiger charge is -2.33. The number of carbonyl (C=O) groups is 1. The van der Waals surface area contributed by atoms with E-state index in [1.807, 2.05) is 30.3 Å². The highest BCUT2D eigenvalue weighted by atomic mass is 31.1. The third kappa shape index (κ3) is 5.27. The van der Waals surface area contributed by atoms with Gasteiger partial charge in [-0.2, -0.15) is 0 Å². The predicted octanol–water partition coefficient (Wildman–Crippen LogP) is 6.55. The highest BCUT2D eigenvalue weighted by Crippen LogP contribution is 2.48. The number of carbonyl (C=O) groups excluding carboxylic acids is 1. The Hall–Kier alpha value is -2.48. The predicted molar refractivity (Wildman–Crippen MR) is 144 cm³/mol.